The van der Waals surface area contributed by atoms with Crippen molar-refractivity contribution in [3.8, 4) is 5.75 Å². The number of hydrogen-bond donors (Lipinski definition) is 2. The van der Waals surface area contributed by atoms with Crippen LogP contribution in [0, 0.1) is 6.92 Å². The van der Waals surface area contributed by atoms with Crippen molar-refractivity contribution in [2.75, 3.05) is 12.9 Å². The molecule has 0 saturated heterocycles. The van der Waals surface area contributed by atoms with Crippen molar-refractivity contribution in [1.29, 1.82) is 0 Å². The summed E-state index contributed by atoms with van der Waals surface area (Å²) >= 11 is 1.41. The Morgan fingerprint density at radius 3 is 3.00 bits per heavy atom. The summed E-state index contributed by atoms with van der Waals surface area (Å²) in [5, 5.41) is 17.5. The number of aryl methyl sites for hydroxylation is 1. The molecular weight excluding hydrogens is 250 g/mol. The lowest BCUT2D eigenvalue weighted by Crippen LogP contribution is -2.01. The number of aromatic amines is 1. The minimum atomic E-state index is -0.566. The van der Waals surface area contributed by atoms with Crippen LogP contribution in [0.2, 0.25) is 0 Å². The van der Waals surface area contributed by atoms with E-state index in [1.54, 1.807) is 7.11 Å². The van der Waals surface area contributed by atoms with Crippen LogP contribution in [0.3, 0.4) is 0 Å². The molecule has 1 heterocycles. The molecule has 6 heteroatoms. The average molecular weight is 265 g/mol. The highest BCUT2D eigenvalue weighted by Gasteiger charge is 2.10. The highest BCUT2D eigenvalue weighted by atomic mass is 32.2. The van der Waals surface area contributed by atoms with Gasteiger partial charge in [-0.25, -0.2) is 4.98 Å². The van der Waals surface area contributed by atoms with Crippen LogP contribution < -0.4 is 4.74 Å². The van der Waals surface area contributed by atoms with E-state index in [1.807, 2.05) is 31.2 Å². The quantitative estimate of drug-likeness (QED) is 0.808. The van der Waals surface area contributed by atoms with E-state index in [9.17, 15) is 5.11 Å². The number of nitrogens with one attached hydrogen (secondary N) is 1. The fraction of sp³-hybridized carbons (Fsp3) is 0.333. The molecule has 1 atom stereocenters. The highest BCUT2D eigenvalue weighted by Crippen LogP contribution is 2.24. The predicted octanol–water partition coefficient (Wildman–Crippen LogP) is 1.95. The summed E-state index contributed by atoms with van der Waals surface area (Å²) < 4.78 is 5.12. The molecule has 2 rings (SSSR count). The Hall–Kier alpha value is -1.53. The van der Waals surface area contributed by atoms with Crippen LogP contribution in [0.4, 0.5) is 0 Å². The summed E-state index contributed by atoms with van der Waals surface area (Å²) in [6.07, 6.45) is -0.566. The lowest BCUT2D eigenvalue weighted by atomic mass is 10.1. The maximum Gasteiger partial charge on any atom is 0.208 e. The van der Waals surface area contributed by atoms with Gasteiger partial charge in [0.25, 0.3) is 0 Å². The van der Waals surface area contributed by atoms with E-state index in [-0.39, 0.29) is 0 Å². The molecule has 1 aromatic carbocycles. The summed E-state index contributed by atoms with van der Waals surface area (Å²) in [5.41, 5.74) is 0.828. The van der Waals surface area contributed by atoms with Gasteiger partial charge >= 0.3 is 0 Å². The van der Waals surface area contributed by atoms with Gasteiger partial charge in [-0.1, -0.05) is 23.9 Å². The number of methoxy groups -OCH3 is 1. The van der Waals surface area contributed by atoms with Crippen LogP contribution in [-0.2, 0) is 0 Å². The molecule has 0 aliphatic rings. The van der Waals surface area contributed by atoms with E-state index in [0.29, 0.717) is 10.9 Å². The fourth-order valence-electron chi connectivity index (χ4n) is 1.49. The second-order valence-corrected chi connectivity index (χ2v) is 4.79. The molecule has 2 aromatic rings. The van der Waals surface area contributed by atoms with E-state index < -0.39 is 6.10 Å². The Morgan fingerprint density at radius 1 is 1.50 bits per heavy atom. The van der Waals surface area contributed by atoms with E-state index in [2.05, 4.69) is 15.2 Å². The maximum absolute atomic E-state index is 10.1. The number of benzene rings is 1. The molecule has 0 fully saturated rings. The summed E-state index contributed by atoms with van der Waals surface area (Å²) in [6, 6.07) is 7.41. The van der Waals surface area contributed by atoms with Gasteiger partial charge in [-0.05, 0) is 24.6 Å². The molecule has 18 heavy (non-hydrogen) atoms. The lowest BCUT2D eigenvalue weighted by molar-refractivity contribution is 0.203. The first-order valence-electron chi connectivity index (χ1n) is 5.53. The van der Waals surface area contributed by atoms with Crippen molar-refractivity contribution in [2.45, 2.75) is 18.2 Å². The van der Waals surface area contributed by atoms with Gasteiger partial charge in [0.05, 0.1) is 13.2 Å². The van der Waals surface area contributed by atoms with Gasteiger partial charge in [0, 0.05) is 5.75 Å². The molecule has 2 N–H and O–H groups in total. The van der Waals surface area contributed by atoms with Crippen molar-refractivity contribution in [1.82, 2.24) is 15.2 Å². The van der Waals surface area contributed by atoms with Crippen LogP contribution in [-0.4, -0.2) is 33.2 Å². The van der Waals surface area contributed by atoms with Crippen molar-refractivity contribution in [3.05, 3.63) is 35.7 Å². The van der Waals surface area contributed by atoms with Crippen LogP contribution in [0.15, 0.2) is 29.4 Å². The van der Waals surface area contributed by atoms with Gasteiger partial charge in [0.1, 0.15) is 11.6 Å². The third-order valence-electron chi connectivity index (χ3n) is 2.43. The normalized spacial score (nSPS) is 12.4. The molecule has 1 aromatic heterocycles. The summed E-state index contributed by atoms with van der Waals surface area (Å²) in [4.78, 5) is 4.17. The number of hydrogen-bond acceptors (Lipinski definition) is 5. The number of nitrogens with zero attached hydrogens (tertiary/aromatic N) is 2. The molecule has 0 aliphatic heterocycles. The van der Waals surface area contributed by atoms with Crippen molar-refractivity contribution in [2.24, 2.45) is 0 Å². The van der Waals surface area contributed by atoms with Gasteiger partial charge in [-0.2, -0.15) is 0 Å². The van der Waals surface area contributed by atoms with Crippen LogP contribution >= 0.6 is 11.8 Å². The van der Waals surface area contributed by atoms with Gasteiger partial charge in [0.15, 0.2) is 0 Å². The Labute approximate surface area is 110 Å². The SMILES string of the molecule is COc1cccc(C(O)CSc2n[nH]c(C)n2)c1. The molecule has 96 valence electrons. The smallest absolute Gasteiger partial charge is 0.208 e. The number of H-pyrrole nitrogens is 1. The zero-order valence-corrected chi connectivity index (χ0v) is 11.1. The van der Waals surface area contributed by atoms with E-state index in [1.165, 1.54) is 11.8 Å². The summed E-state index contributed by atoms with van der Waals surface area (Å²) in [7, 11) is 1.61. The number of aromatic nitrogens is 3. The first-order chi connectivity index (χ1) is 8.69. The molecule has 0 bridgehead atoms. The maximum atomic E-state index is 10.1. The minimum absolute atomic E-state index is 0.504. The molecule has 0 radical (unpaired) electrons. The summed E-state index contributed by atoms with van der Waals surface area (Å²) in [6.45, 7) is 1.84. The van der Waals surface area contributed by atoms with Crippen LogP contribution in [0.1, 0.15) is 17.5 Å². The van der Waals surface area contributed by atoms with E-state index in [0.717, 1.165) is 17.1 Å². The standard InChI is InChI=1S/C12H15N3O2S/c1-8-13-12(15-14-8)18-7-11(16)9-4-3-5-10(6-9)17-2/h3-6,11,16H,7H2,1-2H3,(H,13,14,15). The van der Waals surface area contributed by atoms with Crippen molar-refractivity contribution < 1.29 is 9.84 Å². The molecule has 0 saturated carbocycles. The van der Waals surface area contributed by atoms with Gasteiger partial charge in [-0.3, -0.25) is 5.10 Å². The fourth-order valence-corrected chi connectivity index (χ4v) is 2.30. The molecule has 0 aliphatic carbocycles. The second-order valence-electron chi connectivity index (χ2n) is 3.81. The third kappa shape index (κ3) is 3.24. The first-order valence-corrected chi connectivity index (χ1v) is 6.51. The largest absolute Gasteiger partial charge is 0.497 e. The monoisotopic (exact) mass is 265 g/mol. The number of ether oxygens (including phenoxy) is 1. The third-order valence-corrected chi connectivity index (χ3v) is 3.35. The number of aliphatic hydroxyl groups excluding tert-OH is 1. The Balaban J connectivity index is 1.96. The second kappa shape index (κ2) is 5.88. The first kappa shape index (κ1) is 12.9. The van der Waals surface area contributed by atoms with Crippen molar-refractivity contribution in [3.63, 3.8) is 0 Å². The van der Waals surface area contributed by atoms with Gasteiger partial charge in [0.2, 0.25) is 5.16 Å². The van der Waals surface area contributed by atoms with E-state index >= 15 is 0 Å². The minimum Gasteiger partial charge on any atom is -0.497 e. The van der Waals surface area contributed by atoms with Crippen LogP contribution in [0.25, 0.3) is 0 Å². The molecule has 0 spiro atoms. The zero-order valence-electron chi connectivity index (χ0n) is 10.3. The number of rotatable bonds is 5. The van der Waals surface area contributed by atoms with Gasteiger partial charge < -0.3 is 9.84 Å². The lowest BCUT2D eigenvalue weighted by Gasteiger charge is -2.10. The Kier molecular flexibility index (Phi) is 4.22. The average Bonchev–Trinajstić information content (AvgIpc) is 2.82. The Morgan fingerprint density at radius 2 is 2.33 bits per heavy atom. The molecular formula is C12H15N3O2S. The molecule has 1 unspecified atom stereocenters. The summed E-state index contributed by atoms with van der Waals surface area (Å²) in [5.74, 6) is 2.02. The van der Waals surface area contributed by atoms with Gasteiger partial charge in [-0.15, -0.1) is 5.10 Å². The molecule has 5 nitrogen and oxygen atoms in total. The highest BCUT2D eigenvalue weighted by molar-refractivity contribution is 7.99. The zero-order chi connectivity index (χ0) is 13.0. The number of aliphatic hydroxyl groups is 1. The Bertz CT molecular complexity index is 516. The topological polar surface area (TPSA) is 71.0 Å². The van der Waals surface area contributed by atoms with E-state index in [4.69, 9.17) is 4.74 Å². The van der Waals surface area contributed by atoms with Crippen molar-refractivity contribution >= 4 is 11.8 Å². The van der Waals surface area contributed by atoms with Crippen LogP contribution in [0.5, 0.6) is 5.75 Å². The predicted molar refractivity (Wildman–Crippen MR) is 69.8 cm³/mol. The number of thioether (sulfide) groups is 1. The molecule has 0 amide bonds.